The SMILES string of the molecule is c1ccc(OCCCOC2CCCNC2)cc1. The van der Waals surface area contributed by atoms with E-state index in [1.54, 1.807) is 0 Å². The fourth-order valence-electron chi connectivity index (χ4n) is 1.98. The van der Waals surface area contributed by atoms with Crippen LogP contribution in [0.25, 0.3) is 0 Å². The van der Waals surface area contributed by atoms with Gasteiger partial charge in [-0.25, -0.2) is 0 Å². The smallest absolute Gasteiger partial charge is 0.119 e. The lowest BCUT2D eigenvalue weighted by Gasteiger charge is -2.23. The Bertz CT molecular complexity index is 296. The van der Waals surface area contributed by atoms with Crippen molar-refractivity contribution in [2.45, 2.75) is 25.4 Å². The van der Waals surface area contributed by atoms with E-state index >= 15 is 0 Å². The van der Waals surface area contributed by atoms with Crippen molar-refractivity contribution in [3.63, 3.8) is 0 Å². The largest absolute Gasteiger partial charge is 0.494 e. The molecular formula is C14H21NO2. The van der Waals surface area contributed by atoms with Crippen molar-refractivity contribution in [2.24, 2.45) is 0 Å². The highest BCUT2D eigenvalue weighted by molar-refractivity contribution is 5.20. The second-order valence-corrected chi connectivity index (χ2v) is 4.35. The molecule has 0 spiro atoms. The lowest BCUT2D eigenvalue weighted by molar-refractivity contribution is 0.0308. The predicted molar refractivity (Wildman–Crippen MR) is 68.4 cm³/mol. The third-order valence-electron chi connectivity index (χ3n) is 2.91. The molecule has 1 unspecified atom stereocenters. The van der Waals surface area contributed by atoms with Gasteiger partial charge in [-0.15, -0.1) is 0 Å². The van der Waals surface area contributed by atoms with Gasteiger partial charge in [0.15, 0.2) is 0 Å². The average molecular weight is 235 g/mol. The highest BCUT2D eigenvalue weighted by Gasteiger charge is 2.12. The summed E-state index contributed by atoms with van der Waals surface area (Å²) in [6.07, 6.45) is 3.77. The van der Waals surface area contributed by atoms with Crippen LogP contribution in [-0.4, -0.2) is 32.4 Å². The van der Waals surface area contributed by atoms with Gasteiger partial charge in [0.05, 0.1) is 19.3 Å². The molecule has 0 saturated carbocycles. The quantitative estimate of drug-likeness (QED) is 0.767. The van der Waals surface area contributed by atoms with E-state index in [1.807, 2.05) is 30.3 Å². The molecule has 0 aromatic heterocycles. The number of nitrogens with one attached hydrogen (secondary N) is 1. The van der Waals surface area contributed by atoms with Crippen LogP contribution in [0, 0.1) is 0 Å². The Morgan fingerprint density at radius 1 is 1.18 bits per heavy atom. The maximum atomic E-state index is 5.78. The van der Waals surface area contributed by atoms with Crippen LogP contribution in [0.1, 0.15) is 19.3 Å². The lowest BCUT2D eigenvalue weighted by Crippen LogP contribution is -2.35. The molecule has 0 bridgehead atoms. The number of benzene rings is 1. The van der Waals surface area contributed by atoms with Crippen LogP contribution < -0.4 is 10.1 Å². The second-order valence-electron chi connectivity index (χ2n) is 4.35. The summed E-state index contributed by atoms with van der Waals surface area (Å²) in [4.78, 5) is 0. The summed E-state index contributed by atoms with van der Waals surface area (Å²) < 4.78 is 11.4. The number of hydrogen-bond acceptors (Lipinski definition) is 3. The third-order valence-corrected chi connectivity index (χ3v) is 2.91. The first-order valence-corrected chi connectivity index (χ1v) is 6.45. The van der Waals surface area contributed by atoms with E-state index in [0.29, 0.717) is 6.10 Å². The minimum atomic E-state index is 0.403. The summed E-state index contributed by atoms with van der Waals surface area (Å²) in [7, 11) is 0. The fourth-order valence-corrected chi connectivity index (χ4v) is 1.98. The summed E-state index contributed by atoms with van der Waals surface area (Å²) in [6, 6.07) is 9.92. The topological polar surface area (TPSA) is 30.5 Å². The Hall–Kier alpha value is -1.06. The van der Waals surface area contributed by atoms with Crippen molar-refractivity contribution < 1.29 is 9.47 Å². The van der Waals surface area contributed by atoms with Gasteiger partial charge in [-0.2, -0.15) is 0 Å². The monoisotopic (exact) mass is 235 g/mol. The van der Waals surface area contributed by atoms with E-state index in [0.717, 1.165) is 38.5 Å². The zero-order valence-electron chi connectivity index (χ0n) is 10.2. The zero-order valence-corrected chi connectivity index (χ0v) is 10.2. The first-order chi connectivity index (χ1) is 8.45. The molecule has 1 aromatic carbocycles. The summed E-state index contributed by atoms with van der Waals surface area (Å²) in [6.45, 7) is 3.65. The van der Waals surface area contributed by atoms with Crippen LogP contribution in [0.5, 0.6) is 5.75 Å². The van der Waals surface area contributed by atoms with Crippen LogP contribution >= 0.6 is 0 Å². The molecule has 0 aliphatic carbocycles. The highest BCUT2D eigenvalue weighted by Crippen LogP contribution is 2.09. The summed E-state index contributed by atoms with van der Waals surface area (Å²) >= 11 is 0. The molecule has 1 aliphatic rings. The van der Waals surface area contributed by atoms with E-state index < -0.39 is 0 Å². The van der Waals surface area contributed by atoms with Gasteiger partial charge < -0.3 is 14.8 Å². The molecule has 1 fully saturated rings. The zero-order chi connectivity index (χ0) is 11.8. The average Bonchev–Trinajstić information content (AvgIpc) is 2.41. The molecule has 94 valence electrons. The van der Waals surface area contributed by atoms with Crippen molar-refractivity contribution in [1.29, 1.82) is 0 Å². The summed E-state index contributed by atoms with van der Waals surface area (Å²) in [5, 5.41) is 3.35. The molecule has 0 radical (unpaired) electrons. The Morgan fingerprint density at radius 3 is 2.82 bits per heavy atom. The minimum Gasteiger partial charge on any atom is -0.494 e. The molecular weight excluding hydrogens is 214 g/mol. The molecule has 2 rings (SSSR count). The van der Waals surface area contributed by atoms with Crippen LogP contribution in [0.15, 0.2) is 30.3 Å². The first kappa shape index (κ1) is 12.4. The van der Waals surface area contributed by atoms with Crippen molar-refractivity contribution in [3.05, 3.63) is 30.3 Å². The van der Waals surface area contributed by atoms with Crippen LogP contribution in [0.2, 0.25) is 0 Å². The van der Waals surface area contributed by atoms with Gasteiger partial charge in [0, 0.05) is 13.0 Å². The van der Waals surface area contributed by atoms with E-state index in [9.17, 15) is 0 Å². The fraction of sp³-hybridized carbons (Fsp3) is 0.571. The van der Waals surface area contributed by atoms with Crippen molar-refractivity contribution >= 4 is 0 Å². The van der Waals surface area contributed by atoms with Crippen molar-refractivity contribution in [3.8, 4) is 5.75 Å². The van der Waals surface area contributed by atoms with Gasteiger partial charge in [-0.1, -0.05) is 18.2 Å². The van der Waals surface area contributed by atoms with E-state index in [1.165, 1.54) is 12.8 Å². The summed E-state index contributed by atoms with van der Waals surface area (Å²) in [5.41, 5.74) is 0. The molecule has 1 aromatic rings. The Labute approximate surface area is 103 Å². The molecule has 17 heavy (non-hydrogen) atoms. The number of hydrogen-bond donors (Lipinski definition) is 1. The van der Waals surface area contributed by atoms with Crippen LogP contribution in [0.3, 0.4) is 0 Å². The summed E-state index contributed by atoms with van der Waals surface area (Å²) in [5.74, 6) is 0.937. The number of para-hydroxylation sites is 1. The highest BCUT2D eigenvalue weighted by atomic mass is 16.5. The molecule has 3 heteroatoms. The maximum Gasteiger partial charge on any atom is 0.119 e. The predicted octanol–water partition coefficient (Wildman–Crippen LogP) is 2.22. The third kappa shape index (κ3) is 4.75. The van der Waals surface area contributed by atoms with E-state index in [-0.39, 0.29) is 0 Å². The molecule has 1 saturated heterocycles. The van der Waals surface area contributed by atoms with Crippen LogP contribution in [-0.2, 0) is 4.74 Å². The van der Waals surface area contributed by atoms with Gasteiger partial charge >= 0.3 is 0 Å². The molecule has 0 amide bonds. The number of rotatable bonds is 6. The molecule has 1 atom stereocenters. The molecule has 1 heterocycles. The Morgan fingerprint density at radius 2 is 2.06 bits per heavy atom. The number of piperidine rings is 1. The van der Waals surface area contributed by atoms with Crippen molar-refractivity contribution in [2.75, 3.05) is 26.3 Å². The normalized spacial score (nSPS) is 20.1. The first-order valence-electron chi connectivity index (χ1n) is 6.45. The number of ether oxygens (including phenoxy) is 2. The van der Waals surface area contributed by atoms with E-state index in [2.05, 4.69) is 5.32 Å². The molecule has 1 N–H and O–H groups in total. The van der Waals surface area contributed by atoms with Gasteiger partial charge in [0.25, 0.3) is 0 Å². The van der Waals surface area contributed by atoms with Gasteiger partial charge in [-0.05, 0) is 31.5 Å². The maximum absolute atomic E-state index is 5.78. The second kappa shape index (κ2) is 7.30. The van der Waals surface area contributed by atoms with Gasteiger partial charge in [0.1, 0.15) is 5.75 Å². The van der Waals surface area contributed by atoms with Crippen LogP contribution in [0.4, 0.5) is 0 Å². The van der Waals surface area contributed by atoms with E-state index in [4.69, 9.17) is 9.47 Å². The van der Waals surface area contributed by atoms with Crippen molar-refractivity contribution in [1.82, 2.24) is 5.32 Å². The minimum absolute atomic E-state index is 0.403. The molecule has 3 nitrogen and oxygen atoms in total. The Balaban J connectivity index is 1.51. The standard InChI is InChI=1S/C14H21NO2/c1-2-6-13(7-3-1)16-10-5-11-17-14-8-4-9-15-12-14/h1-3,6-7,14-15H,4-5,8-12H2. The van der Waals surface area contributed by atoms with Gasteiger partial charge in [-0.3, -0.25) is 0 Å². The Kier molecular flexibility index (Phi) is 5.33. The molecule has 1 aliphatic heterocycles. The van der Waals surface area contributed by atoms with Gasteiger partial charge in [0.2, 0.25) is 0 Å². The lowest BCUT2D eigenvalue weighted by atomic mass is 10.1.